The molecule has 0 aromatic rings. The topological polar surface area (TPSA) is 52.6 Å². The Bertz CT molecular complexity index is 713. The summed E-state index contributed by atoms with van der Waals surface area (Å²) in [6.45, 7) is 8.50. The second kappa shape index (κ2) is 5.01. The van der Waals surface area contributed by atoms with Gasteiger partial charge in [-0.1, -0.05) is 13.5 Å². The average molecular weight is 358 g/mol. The molecule has 8 unspecified atom stereocenters. The summed E-state index contributed by atoms with van der Waals surface area (Å²) in [5.41, 5.74) is -0.653. The third-order valence-corrected chi connectivity index (χ3v) is 9.40. The summed E-state index contributed by atoms with van der Waals surface area (Å²) < 4.78 is 12.1. The molecule has 4 heteroatoms. The predicted octanol–water partition coefficient (Wildman–Crippen LogP) is 3.68. The maximum Gasteiger partial charge on any atom is 0.313 e. The molecule has 7 aliphatic rings. The first-order chi connectivity index (χ1) is 12.3. The molecule has 2 spiro atoms. The van der Waals surface area contributed by atoms with Crippen LogP contribution in [0.2, 0.25) is 0 Å². The number of Topliss-reactive ketones (excluding diaryl/α,β-unsaturated/α-hetero) is 1. The van der Waals surface area contributed by atoms with Crippen molar-refractivity contribution in [3.63, 3.8) is 0 Å². The van der Waals surface area contributed by atoms with Crippen LogP contribution in [0.3, 0.4) is 0 Å². The van der Waals surface area contributed by atoms with Crippen LogP contribution >= 0.6 is 0 Å². The van der Waals surface area contributed by atoms with E-state index in [0.717, 1.165) is 50.5 Å². The molecule has 0 amide bonds. The van der Waals surface area contributed by atoms with E-state index in [1.165, 1.54) is 0 Å². The molecule has 7 rings (SSSR count). The zero-order valence-electron chi connectivity index (χ0n) is 16.2. The fourth-order valence-electron chi connectivity index (χ4n) is 7.93. The second-order valence-corrected chi connectivity index (χ2v) is 9.87. The third kappa shape index (κ3) is 1.63. The van der Waals surface area contributed by atoms with Crippen molar-refractivity contribution in [1.82, 2.24) is 0 Å². The molecule has 26 heavy (non-hydrogen) atoms. The summed E-state index contributed by atoms with van der Waals surface area (Å²) >= 11 is 0. The van der Waals surface area contributed by atoms with E-state index in [1.807, 2.05) is 0 Å². The number of fused-ring (bicyclic) bond motifs is 5. The molecule has 2 heterocycles. The first-order valence-corrected chi connectivity index (χ1v) is 10.3. The van der Waals surface area contributed by atoms with Crippen LogP contribution in [0.15, 0.2) is 12.2 Å². The molecule has 4 nitrogen and oxygen atoms in total. The summed E-state index contributed by atoms with van der Waals surface area (Å²) in [6.07, 6.45) is 6.24. The van der Waals surface area contributed by atoms with Crippen molar-refractivity contribution in [2.24, 2.45) is 34.5 Å². The molecule has 0 aromatic heterocycles. The molecule has 2 aliphatic heterocycles. The van der Waals surface area contributed by atoms with Crippen LogP contribution in [0.5, 0.6) is 0 Å². The molecule has 4 bridgehead atoms. The van der Waals surface area contributed by atoms with Gasteiger partial charge in [-0.05, 0) is 81.1 Å². The van der Waals surface area contributed by atoms with Gasteiger partial charge in [0.15, 0.2) is 5.78 Å². The predicted molar refractivity (Wildman–Crippen MR) is 96.3 cm³/mol. The van der Waals surface area contributed by atoms with Crippen molar-refractivity contribution < 1.29 is 19.1 Å². The Kier molecular flexibility index (Phi) is 3.27. The average Bonchev–Trinajstić information content (AvgIpc) is 2.82. The largest absolute Gasteiger partial charge is 0.459 e. The quantitative estimate of drug-likeness (QED) is 0.530. The Morgan fingerprint density at radius 1 is 1.15 bits per heavy atom. The van der Waals surface area contributed by atoms with Gasteiger partial charge in [-0.2, -0.15) is 0 Å². The standard InChI is InChI=1S/C22H30O4/c1-12-14-6-9-22(18(12)23)16(10-14)21-8-5-7-20(3,26-19(21)24)13(2)15(21)11-17(22)25-4/h13-17H,1,5-11H2,2-4H3. The van der Waals surface area contributed by atoms with Crippen molar-refractivity contribution in [1.29, 1.82) is 0 Å². The molecular formula is C22H30O4. The number of methoxy groups -OCH3 is 1. The van der Waals surface area contributed by atoms with Gasteiger partial charge in [0.05, 0.1) is 16.9 Å². The number of carbonyl (C=O) groups is 2. The number of hydrogen-bond donors (Lipinski definition) is 0. The van der Waals surface area contributed by atoms with Gasteiger partial charge in [-0.15, -0.1) is 0 Å². The Labute approximate surface area is 155 Å². The molecule has 5 saturated carbocycles. The second-order valence-electron chi connectivity index (χ2n) is 9.87. The number of allylic oxidation sites excluding steroid dienone is 1. The minimum absolute atomic E-state index is 0.0227. The van der Waals surface area contributed by atoms with Gasteiger partial charge < -0.3 is 9.47 Å². The minimum Gasteiger partial charge on any atom is -0.459 e. The fourth-order valence-corrected chi connectivity index (χ4v) is 7.93. The summed E-state index contributed by atoms with van der Waals surface area (Å²) in [5.74, 6) is 0.995. The lowest BCUT2D eigenvalue weighted by molar-refractivity contribution is -0.249. The molecular weight excluding hydrogens is 328 g/mol. The lowest BCUT2D eigenvalue weighted by atomic mass is 9.37. The Hall–Kier alpha value is -1.16. The maximum absolute atomic E-state index is 13.5. The number of esters is 1. The fraction of sp³-hybridized carbons (Fsp3) is 0.818. The summed E-state index contributed by atoms with van der Waals surface area (Å²) in [4.78, 5) is 27.0. The summed E-state index contributed by atoms with van der Waals surface area (Å²) in [7, 11) is 1.74. The molecule has 142 valence electrons. The van der Waals surface area contributed by atoms with Crippen LogP contribution in [0.1, 0.15) is 58.8 Å². The van der Waals surface area contributed by atoms with Gasteiger partial charge in [-0.3, -0.25) is 9.59 Å². The van der Waals surface area contributed by atoms with Gasteiger partial charge >= 0.3 is 5.97 Å². The van der Waals surface area contributed by atoms with E-state index in [9.17, 15) is 9.59 Å². The van der Waals surface area contributed by atoms with E-state index in [1.54, 1.807) is 7.11 Å². The lowest BCUT2D eigenvalue weighted by Crippen LogP contribution is -2.71. The van der Waals surface area contributed by atoms with E-state index in [2.05, 4.69) is 20.4 Å². The summed E-state index contributed by atoms with van der Waals surface area (Å²) in [5, 5.41) is 0. The zero-order chi connectivity index (χ0) is 18.5. The highest BCUT2D eigenvalue weighted by Gasteiger charge is 2.75. The molecule has 0 N–H and O–H groups in total. The maximum atomic E-state index is 13.5. The van der Waals surface area contributed by atoms with Crippen LogP contribution in [0.25, 0.3) is 0 Å². The van der Waals surface area contributed by atoms with Crippen molar-refractivity contribution in [2.45, 2.75) is 70.5 Å². The van der Waals surface area contributed by atoms with Crippen molar-refractivity contribution >= 4 is 11.8 Å². The molecule has 5 aliphatic carbocycles. The summed E-state index contributed by atoms with van der Waals surface area (Å²) in [6, 6.07) is 0. The first-order valence-electron chi connectivity index (χ1n) is 10.3. The Morgan fingerprint density at radius 3 is 2.65 bits per heavy atom. The number of rotatable bonds is 1. The normalized spacial score (nSPS) is 55.2. The van der Waals surface area contributed by atoms with Crippen LogP contribution in [0.4, 0.5) is 0 Å². The molecule has 0 radical (unpaired) electrons. The highest BCUT2D eigenvalue weighted by atomic mass is 16.6. The van der Waals surface area contributed by atoms with Crippen LogP contribution in [-0.4, -0.2) is 30.6 Å². The number of ether oxygens (including phenoxy) is 2. The van der Waals surface area contributed by atoms with Crippen LogP contribution in [0, 0.1) is 34.5 Å². The van der Waals surface area contributed by atoms with Crippen molar-refractivity contribution in [3.05, 3.63) is 12.2 Å². The van der Waals surface area contributed by atoms with E-state index >= 15 is 0 Å². The van der Waals surface area contributed by atoms with E-state index < -0.39 is 10.8 Å². The highest BCUT2D eigenvalue weighted by molar-refractivity contribution is 6.03. The van der Waals surface area contributed by atoms with Crippen LogP contribution < -0.4 is 0 Å². The van der Waals surface area contributed by atoms with Crippen molar-refractivity contribution in [3.8, 4) is 0 Å². The number of hydrogen-bond acceptors (Lipinski definition) is 4. The SMILES string of the molecule is C=C1C(=O)C23CCC1CC2C12CCCC(C)(OC1=O)C(C)C2CC3OC. The number of ketones is 1. The van der Waals surface area contributed by atoms with Crippen LogP contribution in [-0.2, 0) is 19.1 Å². The van der Waals surface area contributed by atoms with E-state index in [-0.39, 0.29) is 41.2 Å². The van der Waals surface area contributed by atoms with Gasteiger partial charge in [0, 0.05) is 7.11 Å². The number of carbonyl (C=O) groups excluding carboxylic acids is 2. The van der Waals surface area contributed by atoms with Gasteiger partial charge in [0.1, 0.15) is 5.60 Å². The molecule has 7 fully saturated rings. The minimum atomic E-state index is -0.562. The lowest BCUT2D eigenvalue weighted by Gasteiger charge is -2.67. The van der Waals surface area contributed by atoms with E-state index in [0.29, 0.717) is 5.92 Å². The molecule has 0 aromatic carbocycles. The monoisotopic (exact) mass is 358 g/mol. The molecule has 2 saturated heterocycles. The third-order valence-electron chi connectivity index (χ3n) is 9.40. The van der Waals surface area contributed by atoms with Crippen molar-refractivity contribution in [2.75, 3.05) is 7.11 Å². The van der Waals surface area contributed by atoms with Gasteiger partial charge in [0.25, 0.3) is 0 Å². The van der Waals surface area contributed by atoms with E-state index in [4.69, 9.17) is 9.47 Å². The van der Waals surface area contributed by atoms with Gasteiger partial charge in [0.2, 0.25) is 0 Å². The Morgan fingerprint density at radius 2 is 1.92 bits per heavy atom. The molecule has 8 atom stereocenters. The zero-order valence-corrected chi connectivity index (χ0v) is 16.2. The smallest absolute Gasteiger partial charge is 0.313 e. The Balaban J connectivity index is 1.72. The first kappa shape index (κ1) is 17.0. The highest BCUT2D eigenvalue weighted by Crippen LogP contribution is 2.72. The van der Waals surface area contributed by atoms with Gasteiger partial charge in [-0.25, -0.2) is 0 Å².